The van der Waals surface area contributed by atoms with Gasteiger partial charge in [-0.15, -0.1) is 0 Å². The quantitative estimate of drug-likeness (QED) is 0.622. The zero-order valence-corrected chi connectivity index (χ0v) is 6.30. The van der Waals surface area contributed by atoms with Crippen molar-refractivity contribution in [3.8, 4) is 5.75 Å². The van der Waals surface area contributed by atoms with Gasteiger partial charge in [0.15, 0.2) is 5.75 Å². The molecule has 0 bridgehead atoms. The topological polar surface area (TPSA) is 47.0 Å². The number of nitrogens with zero attached hydrogens (tertiary/aromatic N) is 2. The van der Waals surface area contributed by atoms with Crippen LogP contribution in [0, 0.1) is 0 Å². The highest BCUT2D eigenvalue weighted by Crippen LogP contribution is 2.06. The van der Waals surface area contributed by atoms with E-state index in [1.54, 1.807) is 19.5 Å². The Morgan fingerprint density at radius 2 is 2.10 bits per heavy atom. The Kier molecular flexibility index (Phi) is 2.33. The number of nitrogens with one attached hydrogen (secondary N) is 1. The number of hydrogen-bond donors (Lipinski definition) is 2. The summed E-state index contributed by atoms with van der Waals surface area (Å²) in [6.45, 7) is 0. The van der Waals surface area contributed by atoms with Gasteiger partial charge in [-0.2, -0.15) is 0 Å². The van der Waals surface area contributed by atoms with Gasteiger partial charge < -0.3 is 9.46 Å². The molecule has 1 rings (SSSR count). The Labute approximate surface area is 64.2 Å². The maximum absolute atomic E-state index is 4.84. The second-order valence-corrected chi connectivity index (χ2v) is 1.78. The monoisotopic (exact) mass is 157 g/mol. The molecular weight excluding hydrogens is 150 g/mol. The molecule has 1 aromatic heterocycles. The molecule has 0 aliphatic carbocycles. The van der Waals surface area contributed by atoms with Gasteiger partial charge >= 0.3 is 0 Å². The van der Waals surface area contributed by atoms with E-state index in [2.05, 4.69) is 27.5 Å². The lowest BCUT2D eigenvalue weighted by atomic mass is 10.6. The van der Waals surface area contributed by atoms with Crippen LogP contribution in [0.5, 0.6) is 5.75 Å². The third-order valence-electron chi connectivity index (χ3n) is 0.964. The van der Waals surface area contributed by atoms with Crippen LogP contribution in [-0.4, -0.2) is 17.1 Å². The minimum absolute atomic E-state index is 0.462. The number of ether oxygens (including phenoxy) is 1. The van der Waals surface area contributed by atoms with Crippen molar-refractivity contribution in [2.45, 2.75) is 0 Å². The Balaban J connectivity index is 2.80. The van der Waals surface area contributed by atoms with Crippen molar-refractivity contribution in [3.05, 3.63) is 12.4 Å². The van der Waals surface area contributed by atoms with Crippen molar-refractivity contribution in [2.75, 3.05) is 11.8 Å². The molecule has 0 saturated heterocycles. The molecule has 0 amide bonds. The predicted octanol–water partition coefficient (Wildman–Crippen LogP) is 0.742. The highest BCUT2D eigenvalue weighted by molar-refractivity contribution is 7.81. The van der Waals surface area contributed by atoms with Crippen LogP contribution in [0.1, 0.15) is 0 Å². The van der Waals surface area contributed by atoms with Crippen molar-refractivity contribution in [1.82, 2.24) is 9.97 Å². The fourth-order valence-electron chi connectivity index (χ4n) is 0.479. The molecule has 1 aromatic rings. The van der Waals surface area contributed by atoms with Crippen molar-refractivity contribution in [1.29, 1.82) is 0 Å². The van der Waals surface area contributed by atoms with E-state index in [9.17, 15) is 0 Å². The van der Waals surface area contributed by atoms with Crippen LogP contribution in [0.2, 0.25) is 0 Å². The van der Waals surface area contributed by atoms with E-state index >= 15 is 0 Å². The Morgan fingerprint density at radius 1 is 1.50 bits per heavy atom. The predicted molar refractivity (Wildman–Crippen MR) is 41.2 cm³/mol. The number of rotatable bonds is 2. The van der Waals surface area contributed by atoms with Crippen LogP contribution < -0.4 is 9.46 Å². The molecule has 0 aliphatic heterocycles. The zero-order chi connectivity index (χ0) is 7.40. The second-order valence-electron chi connectivity index (χ2n) is 1.56. The Morgan fingerprint density at radius 3 is 2.50 bits per heavy atom. The van der Waals surface area contributed by atoms with E-state index < -0.39 is 0 Å². The highest BCUT2D eigenvalue weighted by Gasteiger charge is 1.92. The SMILES string of the molecule is COc1cnc(NS)nc1. The van der Waals surface area contributed by atoms with E-state index in [0.29, 0.717) is 11.7 Å². The minimum Gasteiger partial charge on any atom is -0.494 e. The molecule has 0 atom stereocenters. The van der Waals surface area contributed by atoms with Crippen LogP contribution in [0.25, 0.3) is 0 Å². The highest BCUT2D eigenvalue weighted by atomic mass is 32.1. The van der Waals surface area contributed by atoms with Gasteiger partial charge in [0.25, 0.3) is 0 Å². The summed E-state index contributed by atoms with van der Waals surface area (Å²) in [7, 11) is 1.56. The summed E-state index contributed by atoms with van der Waals surface area (Å²) < 4.78 is 7.33. The maximum atomic E-state index is 4.84. The molecule has 1 heterocycles. The lowest BCUT2D eigenvalue weighted by Gasteiger charge is -1.98. The number of methoxy groups -OCH3 is 1. The first-order valence-corrected chi connectivity index (χ1v) is 3.07. The standard InChI is InChI=1S/C5H7N3OS/c1-9-4-2-6-5(8-10)7-3-4/h2-3,10H,1H3,(H,6,7,8). The molecule has 0 fully saturated rings. The maximum Gasteiger partial charge on any atom is 0.232 e. The molecule has 0 spiro atoms. The van der Waals surface area contributed by atoms with Crippen LogP contribution in [0.4, 0.5) is 5.95 Å². The van der Waals surface area contributed by atoms with Crippen molar-refractivity contribution >= 4 is 18.8 Å². The Hall–Kier alpha value is -0.970. The fourth-order valence-corrected chi connectivity index (χ4v) is 0.595. The molecule has 0 radical (unpaired) electrons. The van der Waals surface area contributed by atoms with Gasteiger partial charge in [-0.25, -0.2) is 9.97 Å². The lowest BCUT2D eigenvalue weighted by molar-refractivity contribution is 0.411. The molecule has 0 saturated carbocycles. The van der Waals surface area contributed by atoms with Gasteiger partial charge in [0.05, 0.1) is 19.5 Å². The van der Waals surface area contributed by atoms with E-state index in [1.807, 2.05) is 0 Å². The molecule has 0 aromatic carbocycles. The number of hydrogen-bond acceptors (Lipinski definition) is 5. The second kappa shape index (κ2) is 3.26. The third kappa shape index (κ3) is 1.51. The molecular formula is C5H7N3OS. The van der Waals surface area contributed by atoms with Crippen LogP contribution in [-0.2, 0) is 0 Å². The van der Waals surface area contributed by atoms with Gasteiger partial charge in [-0.1, -0.05) is 12.8 Å². The molecule has 4 nitrogen and oxygen atoms in total. The van der Waals surface area contributed by atoms with Gasteiger partial charge in [0, 0.05) is 0 Å². The van der Waals surface area contributed by atoms with E-state index in [4.69, 9.17) is 4.74 Å². The largest absolute Gasteiger partial charge is 0.494 e. The van der Waals surface area contributed by atoms with E-state index in [0.717, 1.165) is 0 Å². The van der Waals surface area contributed by atoms with Gasteiger partial charge in [-0.05, 0) is 0 Å². The fraction of sp³-hybridized carbons (Fsp3) is 0.200. The number of thiol groups is 1. The van der Waals surface area contributed by atoms with Crippen molar-refractivity contribution < 1.29 is 4.74 Å². The number of aromatic nitrogens is 2. The normalized spacial score (nSPS) is 9.00. The van der Waals surface area contributed by atoms with Crippen molar-refractivity contribution in [3.63, 3.8) is 0 Å². The van der Waals surface area contributed by atoms with Crippen molar-refractivity contribution in [2.24, 2.45) is 0 Å². The molecule has 0 unspecified atom stereocenters. The summed E-state index contributed by atoms with van der Waals surface area (Å²) in [5.41, 5.74) is 0. The lowest BCUT2D eigenvalue weighted by Crippen LogP contribution is -1.91. The van der Waals surface area contributed by atoms with Gasteiger partial charge in [0.2, 0.25) is 5.95 Å². The third-order valence-corrected chi connectivity index (χ3v) is 1.16. The molecule has 10 heavy (non-hydrogen) atoms. The summed E-state index contributed by atoms with van der Waals surface area (Å²) in [4.78, 5) is 7.69. The number of anilines is 1. The smallest absolute Gasteiger partial charge is 0.232 e. The van der Waals surface area contributed by atoms with Gasteiger partial charge in [0.1, 0.15) is 0 Å². The first-order valence-electron chi connectivity index (χ1n) is 2.63. The van der Waals surface area contributed by atoms with E-state index in [1.165, 1.54) is 0 Å². The molecule has 5 heteroatoms. The van der Waals surface area contributed by atoms with Crippen LogP contribution in [0.3, 0.4) is 0 Å². The average Bonchev–Trinajstić information content (AvgIpc) is 2.05. The summed E-state index contributed by atoms with van der Waals surface area (Å²) in [6, 6.07) is 0. The summed E-state index contributed by atoms with van der Waals surface area (Å²) in [6.07, 6.45) is 3.12. The summed E-state index contributed by atoms with van der Waals surface area (Å²) >= 11 is 3.76. The average molecular weight is 157 g/mol. The first-order chi connectivity index (χ1) is 4.86. The Bertz CT molecular complexity index is 178. The van der Waals surface area contributed by atoms with Crippen LogP contribution in [0.15, 0.2) is 12.4 Å². The minimum atomic E-state index is 0.462. The summed E-state index contributed by atoms with van der Waals surface area (Å²) in [5, 5.41) is 0. The van der Waals surface area contributed by atoms with Gasteiger partial charge in [-0.3, -0.25) is 0 Å². The molecule has 54 valence electrons. The van der Waals surface area contributed by atoms with Crippen LogP contribution >= 0.6 is 12.8 Å². The first kappa shape index (κ1) is 7.14. The van der Waals surface area contributed by atoms with E-state index in [-0.39, 0.29) is 0 Å². The molecule has 0 aliphatic rings. The zero-order valence-electron chi connectivity index (χ0n) is 5.40. The molecule has 1 N–H and O–H groups in total. The summed E-state index contributed by atoms with van der Waals surface area (Å²) in [5.74, 6) is 1.09.